The van der Waals surface area contributed by atoms with Crippen LogP contribution in [-0.2, 0) is 37.6 Å². The first-order valence-electron chi connectivity index (χ1n) is 10.7. The van der Waals surface area contributed by atoms with Crippen molar-refractivity contribution in [2.24, 2.45) is 7.05 Å². The highest BCUT2D eigenvalue weighted by atomic mass is 16.2. The third-order valence-electron chi connectivity index (χ3n) is 6.18. The van der Waals surface area contributed by atoms with Gasteiger partial charge in [-0.25, -0.2) is 0 Å². The molecule has 0 saturated heterocycles. The lowest BCUT2D eigenvalue weighted by Gasteiger charge is -2.32. The van der Waals surface area contributed by atoms with E-state index in [4.69, 9.17) is 0 Å². The number of hydrogen-bond donors (Lipinski definition) is 0. The fourth-order valence-corrected chi connectivity index (χ4v) is 4.44. The van der Waals surface area contributed by atoms with Crippen LogP contribution in [0.4, 0.5) is 0 Å². The van der Waals surface area contributed by atoms with Gasteiger partial charge in [-0.15, -0.1) is 10.2 Å². The van der Waals surface area contributed by atoms with E-state index in [-0.39, 0.29) is 11.9 Å². The maximum atomic E-state index is 12.9. The van der Waals surface area contributed by atoms with Crippen LogP contribution in [0.1, 0.15) is 53.5 Å². The van der Waals surface area contributed by atoms with Gasteiger partial charge < -0.3 is 9.47 Å². The van der Waals surface area contributed by atoms with E-state index in [1.54, 1.807) is 0 Å². The number of carbonyl (C=O) groups excluding carboxylic acids is 1. The maximum Gasteiger partial charge on any atom is 0.223 e. The second-order valence-electron chi connectivity index (χ2n) is 8.28. The second-order valence-corrected chi connectivity index (χ2v) is 8.28. The average molecular weight is 407 g/mol. The first-order valence-corrected chi connectivity index (χ1v) is 10.7. The Balaban J connectivity index is 1.40. The van der Waals surface area contributed by atoms with Gasteiger partial charge in [0.15, 0.2) is 5.82 Å². The van der Waals surface area contributed by atoms with Crippen molar-refractivity contribution in [2.45, 2.75) is 59.0 Å². The highest BCUT2D eigenvalue weighted by molar-refractivity contribution is 5.76. The third-order valence-corrected chi connectivity index (χ3v) is 6.18. The zero-order valence-corrected chi connectivity index (χ0v) is 18.3. The summed E-state index contributed by atoms with van der Waals surface area (Å²) >= 11 is 0. The van der Waals surface area contributed by atoms with Crippen molar-refractivity contribution in [3.8, 4) is 0 Å². The normalized spacial score (nSPS) is 16.0. The number of aromatic nitrogens is 5. The molecule has 2 aromatic heterocycles. The first-order chi connectivity index (χ1) is 14.4. The Kier molecular flexibility index (Phi) is 5.70. The van der Waals surface area contributed by atoms with Crippen molar-refractivity contribution < 1.29 is 4.79 Å². The van der Waals surface area contributed by atoms with Crippen LogP contribution in [-0.4, -0.2) is 41.9 Å². The van der Waals surface area contributed by atoms with Crippen LogP contribution in [0.5, 0.6) is 0 Å². The Morgan fingerprint density at radius 3 is 2.57 bits per heavy atom. The van der Waals surface area contributed by atoms with Crippen molar-refractivity contribution in [2.75, 3.05) is 6.54 Å². The molecule has 7 heteroatoms. The van der Waals surface area contributed by atoms with Crippen molar-refractivity contribution in [1.82, 2.24) is 29.4 Å². The van der Waals surface area contributed by atoms with E-state index in [0.29, 0.717) is 19.5 Å². The van der Waals surface area contributed by atoms with Gasteiger partial charge in [0.05, 0.1) is 18.3 Å². The Morgan fingerprint density at radius 2 is 1.87 bits per heavy atom. The molecule has 0 bridgehead atoms. The minimum atomic E-state index is 0.171. The quantitative estimate of drug-likeness (QED) is 0.631. The molecular formula is C23H30N6O. The summed E-state index contributed by atoms with van der Waals surface area (Å²) in [5, 5.41) is 13.3. The number of amides is 1. The van der Waals surface area contributed by atoms with Crippen LogP contribution >= 0.6 is 0 Å². The van der Waals surface area contributed by atoms with Crippen molar-refractivity contribution >= 4 is 5.91 Å². The minimum Gasteiger partial charge on any atom is -0.333 e. The Morgan fingerprint density at radius 1 is 1.10 bits per heavy atom. The van der Waals surface area contributed by atoms with Gasteiger partial charge in [-0.2, -0.15) is 5.10 Å². The molecule has 1 aliphatic rings. The second kappa shape index (κ2) is 8.42. The van der Waals surface area contributed by atoms with Gasteiger partial charge in [0.25, 0.3) is 0 Å². The number of fused-ring (bicyclic) bond motifs is 1. The van der Waals surface area contributed by atoms with E-state index in [1.807, 2.05) is 29.6 Å². The van der Waals surface area contributed by atoms with Crippen molar-refractivity contribution in [1.29, 1.82) is 0 Å². The topological polar surface area (TPSA) is 68.8 Å². The minimum absolute atomic E-state index is 0.171. The predicted octanol–water partition coefficient (Wildman–Crippen LogP) is 2.95. The predicted molar refractivity (Wildman–Crippen MR) is 115 cm³/mol. The lowest BCUT2D eigenvalue weighted by atomic mass is 10.1. The van der Waals surface area contributed by atoms with Gasteiger partial charge in [0.1, 0.15) is 5.82 Å². The largest absolute Gasteiger partial charge is 0.333 e. The molecule has 1 aliphatic heterocycles. The van der Waals surface area contributed by atoms with E-state index < -0.39 is 0 Å². The molecule has 1 amide bonds. The third kappa shape index (κ3) is 4.01. The SMILES string of the molecule is Cc1nn(C)c(C)c1CCC(=O)N1Cc2nnc(CCc3ccccc3)n2[C@@H](C)C1. The zero-order chi connectivity index (χ0) is 21.3. The molecule has 0 N–H and O–H groups in total. The molecule has 0 fully saturated rings. The molecule has 0 saturated carbocycles. The van der Waals surface area contributed by atoms with Gasteiger partial charge in [0, 0.05) is 32.1 Å². The summed E-state index contributed by atoms with van der Waals surface area (Å²) < 4.78 is 4.11. The van der Waals surface area contributed by atoms with Crippen molar-refractivity contribution in [3.05, 3.63) is 64.5 Å². The zero-order valence-electron chi connectivity index (χ0n) is 18.3. The van der Waals surface area contributed by atoms with E-state index in [1.165, 1.54) is 11.1 Å². The van der Waals surface area contributed by atoms with Crippen LogP contribution < -0.4 is 0 Å². The fourth-order valence-electron chi connectivity index (χ4n) is 4.44. The molecule has 30 heavy (non-hydrogen) atoms. The molecule has 3 heterocycles. The van der Waals surface area contributed by atoms with Gasteiger partial charge in [-0.1, -0.05) is 30.3 Å². The van der Waals surface area contributed by atoms with E-state index >= 15 is 0 Å². The van der Waals surface area contributed by atoms with E-state index in [9.17, 15) is 4.79 Å². The molecule has 4 rings (SSSR count). The Hall–Kier alpha value is -2.96. The summed E-state index contributed by atoms with van der Waals surface area (Å²) in [4.78, 5) is 14.8. The number of benzene rings is 1. The number of aryl methyl sites for hydroxylation is 4. The summed E-state index contributed by atoms with van der Waals surface area (Å²) in [6.45, 7) is 7.45. The number of rotatable bonds is 6. The Bertz CT molecular complexity index is 1040. The summed E-state index contributed by atoms with van der Waals surface area (Å²) in [5.74, 6) is 2.07. The monoisotopic (exact) mass is 406 g/mol. The lowest BCUT2D eigenvalue weighted by molar-refractivity contribution is -0.133. The summed E-state index contributed by atoms with van der Waals surface area (Å²) in [6.07, 6.45) is 3.02. The Labute approximate surface area is 177 Å². The van der Waals surface area contributed by atoms with Crippen LogP contribution in [0.25, 0.3) is 0 Å². The maximum absolute atomic E-state index is 12.9. The summed E-state index contributed by atoms with van der Waals surface area (Å²) in [5.41, 5.74) is 4.63. The molecule has 0 unspecified atom stereocenters. The highest BCUT2D eigenvalue weighted by Gasteiger charge is 2.29. The highest BCUT2D eigenvalue weighted by Crippen LogP contribution is 2.23. The van der Waals surface area contributed by atoms with E-state index in [0.717, 1.165) is 42.3 Å². The molecule has 3 aromatic rings. The smallest absolute Gasteiger partial charge is 0.223 e. The lowest BCUT2D eigenvalue weighted by Crippen LogP contribution is -2.41. The molecule has 0 radical (unpaired) electrons. The first kappa shape index (κ1) is 20.3. The molecule has 7 nitrogen and oxygen atoms in total. The van der Waals surface area contributed by atoms with Crippen LogP contribution in [0, 0.1) is 13.8 Å². The standard InChI is InChI=1S/C23H30N6O/c1-16-14-28(23(30)13-11-20-17(2)26-27(4)18(20)3)15-22-25-24-21(29(16)22)12-10-19-8-6-5-7-9-19/h5-9,16H,10-15H2,1-4H3/t16-/m0/s1. The summed E-state index contributed by atoms with van der Waals surface area (Å²) in [7, 11) is 1.95. The summed E-state index contributed by atoms with van der Waals surface area (Å²) in [6, 6.07) is 10.6. The van der Waals surface area contributed by atoms with Crippen LogP contribution in [0.3, 0.4) is 0 Å². The van der Waals surface area contributed by atoms with Gasteiger partial charge in [-0.05, 0) is 44.7 Å². The van der Waals surface area contributed by atoms with E-state index in [2.05, 4.69) is 58.0 Å². The van der Waals surface area contributed by atoms with Crippen LogP contribution in [0.15, 0.2) is 30.3 Å². The average Bonchev–Trinajstić information content (AvgIpc) is 3.26. The molecule has 0 aliphatic carbocycles. The van der Waals surface area contributed by atoms with Crippen LogP contribution in [0.2, 0.25) is 0 Å². The molecule has 0 spiro atoms. The molecular weight excluding hydrogens is 376 g/mol. The number of nitrogens with zero attached hydrogens (tertiary/aromatic N) is 6. The van der Waals surface area contributed by atoms with Gasteiger partial charge >= 0.3 is 0 Å². The number of carbonyl (C=O) groups is 1. The molecule has 158 valence electrons. The van der Waals surface area contributed by atoms with Crippen molar-refractivity contribution in [3.63, 3.8) is 0 Å². The van der Waals surface area contributed by atoms with Gasteiger partial charge in [-0.3, -0.25) is 9.48 Å². The fraction of sp³-hybridized carbons (Fsp3) is 0.478. The molecule has 1 atom stereocenters. The number of hydrogen-bond acceptors (Lipinski definition) is 4. The molecule has 1 aromatic carbocycles. The van der Waals surface area contributed by atoms with Gasteiger partial charge in [0.2, 0.25) is 5.91 Å².